The van der Waals surface area contributed by atoms with Gasteiger partial charge in [-0.15, -0.1) is 0 Å². The maximum atomic E-state index is 13.1. The quantitative estimate of drug-likeness (QED) is 0.796. The molecule has 146 valence electrons. The van der Waals surface area contributed by atoms with Crippen LogP contribution in [0.3, 0.4) is 0 Å². The number of carbonyl (C=O) groups excluding carboxylic acids is 2. The first kappa shape index (κ1) is 19.2. The Labute approximate surface area is 170 Å². The minimum absolute atomic E-state index is 0.122. The second-order valence-corrected chi connectivity index (χ2v) is 8.33. The van der Waals surface area contributed by atoms with Gasteiger partial charge in [-0.25, -0.2) is 0 Å². The normalized spacial score (nSPS) is 24.2. The van der Waals surface area contributed by atoms with Gasteiger partial charge in [0.25, 0.3) is 0 Å². The van der Waals surface area contributed by atoms with Gasteiger partial charge in [-0.3, -0.25) is 19.8 Å². The molecule has 28 heavy (non-hydrogen) atoms. The van der Waals surface area contributed by atoms with E-state index in [4.69, 9.17) is 11.6 Å². The van der Waals surface area contributed by atoms with E-state index in [1.807, 2.05) is 48.5 Å². The van der Waals surface area contributed by atoms with E-state index in [1.54, 1.807) is 0 Å². The van der Waals surface area contributed by atoms with E-state index in [-0.39, 0.29) is 17.7 Å². The van der Waals surface area contributed by atoms with Gasteiger partial charge >= 0.3 is 0 Å². The fourth-order valence-corrected chi connectivity index (χ4v) is 5.05. The lowest BCUT2D eigenvalue weighted by molar-refractivity contribution is -0.140. The Bertz CT molecular complexity index is 862. The number of nitrogens with one attached hydrogen (secondary N) is 1. The van der Waals surface area contributed by atoms with Gasteiger partial charge in [0.05, 0.1) is 5.41 Å². The fourth-order valence-electron chi connectivity index (χ4n) is 4.84. The zero-order valence-corrected chi connectivity index (χ0v) is 16.6. The third-order valence-electron chi connectivity index (χ3n) is 6.27. The molecule has 0 saturated carbocycles. The van der Waals surface area contributed by atoms with E-state index in [0.717, 1.165) is 43.1 Å². The van der Waals surface area contributed by atoms with Gasteiger partial charge < -0.3 is 0 Å². The highest BCUT2D eigenvalue weighted by atomic mass is 35.5. The lowest BCUT2D eigenvalue weighted by Gasteiger charge is -2.45. The second kappa shape index (κ2) is 8.06. The first-order valence-electron chi connectivity index (χ1n) is 9.94. The number of amides is 2. The summed E-state index contributed by atoms with van der Waals surface area (Å²) in [6.07, 6.45) is 2.89. The molecule has 0 aromatic heterocycles. The zero-order chi connectivity index (χ0) is 19.6. The number of piperidine rings is 2. The van der Waals surface area contributed by atoms with Crippen molar-refractivity contribution in [2.75, 3.05) is 13.1 Å². The predicted octanol–water partition coefficient (Wildman–Crippen LogP) is 3.93. The van der Waals surface area contributed by atoms with Crippen LogP contribution < -0.4 is 5.32 Å². The Hall–Kier alpha value is -2.17. The smallest absolute Gasteiger partial charge is 0.237 e. The number of halogens is 1. The number of hydrogen-bond donors (Lipinski definition) is 1. The number of hydrogen-bond acceptors (Lipinski definition) is 3. The van der Waals surface area contributed by atoms with Gasteiger partial charge in [0.1, 0.15) is 0 Å². The Morgan fingerprint density at radius 3 is 2.46 bits per heavy atom. The summed E-state index contributed by atoms with van der Waals surface area (Å²) in [6.45, 7) is 2.75. The van der Waals surface area contributed by atoms with Crippen molar-refractivity contribution in [1.82, 2.24) is 10.2 Å². The molecule has 0 radical (unpaired) electrons. The molecule has 1 N–H and O–H groups in total. The van der Waals surface area contributed by atoms with Gasteiger partial charge in [0, 0.05) is 18.0 Å². The highest BCUT2D eigenvalue weighted by Crippen LogP contribution is 2.44. The molecule has 2 saturated heterocycles. The SMILES string of the molecule is O=C1CCC(c2ccccc2)(C2CCN(Cc3cccc(Cl)c3)CC2)C(=O)N1. The van der Waals surface area contributed by atoms with Crippen molar-refractivity contribution in [2.24, 2.45) is 5.92 Å². The van der Waals surface area contributed by atoms with E-state index in [2.05, 4.69) is 16.3 Å². The molecule has 2 aliphatic rings. The average molecular weight is 397 g/mol. The Balaban J connectivity index is 1.52. The van der Waals surface area contributed by atoms with Crippen LogP contribution >= 0.6 is 11.6 Å². The Kier molecular flexibility index (Phi) is 5.51. The van der Waals surface area contributed by atoms with E-state index in [1.165, 1.54) is 5.56 Å². The van der Waals surface area contributed by atoms with Gasteiger partial charge in [0.15, 0.2) is 0 Å². The number of carbonyl (C=O) groups is 2. The summed E-state index contributed by atoms with van der Waals surface area (Å²) < 4.78 is 0. The lowest BCUT2D eigenvalue weighted by atomic mass is 9.62. The summed E-state index contributed by atoms with van der Waals surface area (Å²) in [5.41, 5.74) is 1.65. The fraction of sp³-hybridized carbons (Fsp3) is 0.391. The average Bonchev–Trinajstić information content (AvgIpc) is 2.70. The third-order valence-corrected chi connectivity index (χ3v) is 6.51. The van der Waals surface area contributed by atoms with E-state index in [9.17, 15) is 9.59 Å². The summed E-state index contributed by atoms with van der Waals surface area (Å²) in [7, 11) is 0. The van der Waals surface area contributed by atoms with Crippen LogP contribution in [0, 0.1) is 5.92 Å². The Morgan fingerprint density at radius 1 is 1.04 bits per heavy atom. The third kappa shape index (κ3) is 3.71. The number of benzene rings is 2. The summed E-state index contributed by atoms with van der Waals surface area (Å²) in [6, 6.07) is 18.0. The molecule has 4 nitrogen and oxygen atoms in total. The molecule has 0 aliphatic carbocycles. The molecule has 2 aliphatic heterocycles. The van der Waals surface area contributed by atoms with Crippen molar-refractivity contribution in [3.63, 3.8) is 0 Å². The molecule has 2 fully saturated rings. The number of nitrogens with zero attached hydrogens (tertiary/aromatic N) is 1. The summed E-state index contributed by atoms with van der Waals surface area (Å²) in [5, 5.41) is 3.38. The van der Waals surface area contributed by atoms with Crippen molar-refractivity contribution in [1.29, 1.82) is 0 Å². The Morgan fingerprint density at radius 2 is 1.79 bits per heavy atom. The van der Waals surface area contributed by atoms with Crippen LogP contribution in [0.2, 0.25) is 5.02 Å². The molecule has 2 aromatic rings. The lowest BCUT2D eigenvalue weighted by Crippen LogP contribution is -2.57. The van der Waals surface area contributed by atoms with Gasteiger partial charge in [-0.05, 0) is 61.5 Å². The molecule has 2 aromatic carbocycles. The molecule has 2 heterocycles. The molecular weight excluding hydrogens is 372 g/mol. The van der Waals surface area contributed by atoms with E-state index in [0.29, 0.717) is 12.8 Å². The first-order chi connectivity index (χ1) is 13.6. The van der Waals surface area contributed by atoms with Crippen molar-refractivity contribution >= 4 is 23.4 Å². The van der Waals surface area contributed by atoms with Crippen LogP contribution in [-0.4, -0.2) is 29.8 Å². The van der Waals surface area contributed by atoms with E-state index >= 15 is 0 Å². The van der Waals surface area contributed by atoms with Crippen molar-refractivity contribution < 1.29 is 9.59 Å². The van der Waals surface area contributed by atoms with Gasteiger partial charge in [0.2, 0.25) is 11.8 Å². The minimum Gasteiger partial charge on any atom is -0.299 e. The van der Waals surface area contributed by atoms with Gasteiger partial charge in [-0.1, -0.05) is 54.1 Å². The number of rotatable bonds is 4. The standard InChI is InChI=1S/C23H25ClN2O2/c24-20-8-4-5-17(15-20)16-26-13-10-19(11-14-26)23(18-6-2-1-3-7-18)12-9-21(27)25-22(23)28/h1-8,15,19H,9-14,16H2,(H,25,27,28). The predicted molar refractivity (Wildman–Crippen MR) is 110 cm³/mol. The molecule has 5 heteroatoms. The van der Waals surface area contributed by atoms with Gasteiger partial charge in [-0.2, -0.15) is 0 Å². The molecular formula is C23H25ClN2O2. The van der Waals surface area contributed by atoms with Crippen LogP contribution in [0.5, 0.6) is 0 Å². The van der Waals surface area contributed by atoms with Crippen LogP contribution in [0.1, 0.15) is 36.8 Å². The maximum absolute atomic E-state index is 13.1. The van der Waals surface area contributed by atoms with Crippen molar-refractivity contribution in [2.45, 2.75) is 37.6 Å². The van der Waals surface area contributed by atoms with E-state index < -0.39 is 5.41 Å². The summed E-state index contributed by atoms with van der Waals surface area (Å²) in [4.78, 5) is 27.3. The highest BCUT2D eigenvalue weighted by molar-refractivity contribution is 6.30. The van der Waals surface area contributed by atoms with Crippen molar-refractivity contribution in [3.8, 4) is 0 Å². The first-order valence-corrected chi connectivity index (χ1v) is 10.3. The monoisotopic (exact) mass is 396 g/mol. The summed E-state index contributed by atoms with van der Waals surface area (Å²) >= 11 is 6.11. The highest BCUT2D eigenvalue weighted by Gasteiger charge is 2.50. The van der Waals surface area contributed by atoms with Crippen LogP contribution in [0.15, 0.2) is 54.6 Å². The zero-order valence-electron chi connectivity index (χ0n) is 15.9. The summed E-state index contributed by atoms with van der Waals surface area (Å²) in [5.74, 6) is -0.0446. The largest absolute Gasteiger partial charge is 0.299 e. The topological polar surface area (TPSA) is 49.4 Å². The van der Waals surface area contributed by atoms with Crippen LogP contribution in [0.25, 0.3) is 0 Å². The molecule has 2 amide bonds. The number of imide groups is 1. The minimum atomic E-state index is -0.600. The number of likely N-dealkylation sites (tertiary alicyclic amines) is 1. The molecule has 0 bridgehead atoms. The molecule has 1 atom stereocenters. The van der Waals surface area contributed by atoms with Crippen LogP contribution in [0.4, 0.5) is 0 Å². The van der Waals surface area contributed by atoms with Crippen molar-refractivity contribution in [3.05, 3.63) is 70.7 Å². The molecule has 1 unspecified atom stereocenters. The molecule has 4 rings (SSSR count). The second-order valence-electron chi connectivity index (χ2n) is 7.90. The molecule has 0 spiro atoms. The van der Waals surface area contributed by atoms with Crippen LogP contribution in [-0.2, 0) is 21.5 Å². The maximum Gasteiger partial charge on any atom is 0.237 e.